The summed E-state index contributed by atoms with van der Waals surface area (Å²) in [4.78, 5) is 10.7. The van der Waals surface area contributed by atoms with Gasteiger partial charge in [-0.1, -0.05) is 30.3 Å². The van der Waals surface area contributed by atoms with E-state index >= 15 is 0 Å². The molecule has 1 heterocycles. The molecular weight excluding hydrogens is 248 g/mol. The average molecular weight is 263 g/mol. The minimum absolute atomic E-state index is 0. The van der Waals surface area contributed by atoms with Crippen molar-refractivity contribution < 1.29 is 21.8 Å². The Kier molecular flexibility index (Phi) is 5.33. The largest absolute Gasteiger partial charge is 1.00 e. The first-order valence-corrected chi connectivity index (χ1v) is 5.54. The Morgan fingerprint density at radius 3 is 2.11 bits per heavy atom. The zero-order chi connectivity index (χ0) is 12.1. The molecule has 2 aromatic rings. The summed E-state index contributed by atoms with van der Waals surface area (Å²) in [6.45, 7) is 0.228. The molecule has 0 aliphatic rings. The highest BCUT2D eigenvalue weighted by Crippen LogP contribution is 2.06. The number of nitrogens with zero attached hydrogens (tertiary/aromatic N) is 1. The van der Waals surface area contributed by atoms with Crippen LogP contribution in [0.25, 0.3) is 0 Å². The predicted octanol–water partition coefficient (Wildman–Crippen LogP) is -1.95. The first kappa shape index (κ1) is 14.2. The molecule has 0 fully saturated rings. The lowest BCUT2D eigenvalue weighted by atomic mass is 10.1. The minimum Gasteiger partial charge on any atom is -1.00 e. The number of benzene rings is 1. The predicted molar refractivity (Wildman–Crippen MR) is 65.1 cm³/mol. The SMILES string of the molecule is NC(=O)C[n+]1ccc(Cc2ccccc2)cc1.[Cl-]. The number of hydrogen-bond acceptors (Lipinski definition) is 1. The van der Waals surface area contributed by atoms with Crippen molar-refractivity contribution in [2.24, 2.45) is 5.73 Å². The third kappa shape index (κ3) is 4.18. The van der Waals surface area contributed by atoms with E-state index in [1.54, 1.807) is 4.57 Å². The Bertz CT molecular complexity index is 497. The van der Waals surface area contributed by atoms with E-state index in [1.807, 2.05) is 42.7 Å². The fourth-order valence-corrected chi connectivity index (χ4v) is 1.72. The van der Waals surface area contributed by atoms with Crippen molar-refractivity contribution in [3.63, 3.8) is 0 Å². The summed E-state index contributed by atoms with van der Waals surface area (Å²) in [6.07, 6.45) is 4.66. The van der Waals surface area contributed by atoms with E-state index in [1.165, 1.54) is 11.1 Å². The zero-order valence-electron chi connectivity index (χ0n) is 9.92. The van der Waals surface area contributed by atoms with Gasteiger partial charge in [-0.15, -0.1) is 0 Å². The molecule has 3 nitrogen and oxygen atoms in total. The normalized spacial score (nSPS) is 9.56. The number of halogens is 1. The molecule has 0 unspecified atom stereocenters. The van der Waals surface area contributed by atoms with Crippen LogP contribution in [0.4, 0.5) is 0 Å². The molecule has 0 saturated carbocycles. The summed E-state index contributed by atoms with van der Waals surface area (Å²) < 4.78 is 1.77. The molecule has 0 aliphatic heterocycles. The van der Waals surface area contributed by atoms with Crippen LogP contribution in [0.1, 0.15) is 11.1 Å². The van der Waals surface area contributed by atoms with Crippen LogP contribution in [0.2, 0.25) is 0 Å². The summed E-state index contributed by atoms with van der Waals surface area (Å²) in [6, 6.07) is 14.3. The fourth-order valence-electron chi connectivity index (χ4n) is 1.72. The number of carbonyl (C=O) groups is 1. The Hall–Kier alpha value is -1.87. The van der Waals surface area contributed by atoms with Gasteiger partial charge in [-0.3, -0.25) is 4.79 Å². The number of nitrogens with two attached hydrogens (primary N) is 1. The molecule has 94 valence electrons. The number of amides is 1. The van der Waals surface area contributed by atoms with Gasteiger partial charge in [0.25, 0.3) is 5.91 Å². The Morgan fingerprint density at radius 2 is 1.56 bits per heavy atom. The molecule has 0 atom stereocenters. The quantitative estimate of drug-likeness (QED) is 0.640. The first-order chi connectivity index (χ1) is 8.24. The smallest absolute Gasteiger partial charge is 0.283 e. The second-order valence-corrected chi connectivity index (χ2v) is 4.01. The molecular formula is C14H15ClN2O. The molecule has 2 rings (SSSR count). The standard InChI is InChI=1S/C14H14N2O.ClH/c15-14(17)11-16-8-6-13(7-9-16)10-12-4-2-1-3-5-12;/h1-9H,10-11H2,(H-,15,17);1H. The van der Waals surface area contributed by atoms with Gasteiger partial charge < -0.3 is 18.1 Å². The van der Waals surface area contributed by atoms with Crippen LogP contribution in [0.15, 0.2) is 54.9 Å². The summed E-state index contributed by atoms with van der Waals surface area (Å²) in [5, 5.41) is 0. The monoisotopic (exact) mass is 262 g/mol. The van der Waals surface area contributed by atoms with Gasteiger partial charge in [0.05, 0.1) is 0 Å². The van der Waals surface area contributed by atoms with E-state index in [0.717, 1.165) is 6.42 Å². The maximum Gasteiger partial charge on any atom is 0.283 e. The van der Waals surface area contributed by atoms with Crippen molar-refractivity contribution >= 4 is 5.91 Å². The molecule has 0 saturated heterocycles. The Morgan fingerprint density at radius 1 is 1.00 bits per heavy atom. The maximum absolute atomic E-state index is 10.7. The van der Waals surface area contributed by atoms with Crippen molar-refractivity contribution in [3.8, 4) is 0 Å². The van der Waals surface area contributed by atoms with Crippen molar-refractivity contribution in [1.82, 2.24) is 0 Å². The molecule has 1 amide bonds. The molecule has 0 aliphatic carbocycles. The second-order valence-electron chi connectivity index (χ2n) is 4.01. The van der Waals surface area contributed by atoms with Crippen LogP contribution in [0.3, 0.4) is 0 Å². The van der Waals surface area contributed by atoms with Crippen molar-refractivity contribution in [1.29, 1.82) is 0 Å². The molecule has 2 N–H and O–H groups in total. The Balaban J connectivity index is 0.00000162. The number of aromatic nitrogens is 1. The minimum atomic E-state index is -0.328. The van der Waals surface area contributed by atoms with E-state index in [2.05, 4.69) is 12.1 Å². The Labute approximate surface area is 113 Å². The highest BCUT2D eigenvalue weighted by molar-refractivity contribution is 5.72. The summed E-state index contributed by atoms with van der Waals surface area (Å²) >= 11 is 0. The van der Waals surface area contributed by atoms with E-state index in [9.17, 15) is 4.79 Å². The number of pyridine rings is 1. The number of primary amides is 1. The summed E-state index contributed by atoms with van der Waals surface area (Å²) in [5.41, 5.74) is 7.62. The molecule has 1 aromatic carbocycles. The van der Waals surface area contributed by atoms with Crippen LogP contribution < -0.4 is 22.7 Å². The summed E-state index contributed by atoms with van der Waals surface area (Å²) in [7, 11) is 0. The van der Waals surface area contributed by atoms with E-state index in [0.29, 0.717) is 0 Å². The fraction of sp³-hybridized carbons (Fsp3) is 0.143. The van der Waals surface area contributed by atoms with E-state index in [-0.39, 0.29) is 24.9 Å². The van der Waals surface area contributed by atoms with E-state index < -0.39 is 0 Å². The van der Waals surface area contributed by atoms with Crippen molar-refractivity contribution in [2.45, 2.75) is 13.0 Å². The van der Waals surface area contributed by atoms with Crippen LogP contribution in [-0.2, 0) is 17.8 Å². The number of hydrogen-bond donors (Lipinski definition) is 1. The van der Waals surface area contributed by atoms with Gasteiger partial charge in [0.2, 0.25) is 6.54 Å². The van der Waals surface area contributed by atoms with Gasteiger partial charge in [0, 0.05) is 12.1 Å². The van der Waals surface area contributed by atoms with Gasteiger partial charge in [-0.05, 0) is 17.5 Å². The zero-order valence-corrected chi connectivity index (χ0v) is 10.7. The second kappa shape index (κ2) is 6.77. The van der Waals surface area contributed by atoms with Gasteiger partial charge in [-0.2, -0.15) is 4.57 Å². The third-order valence-electron chi connectivity index (χ3n) is 2.55. The molecule has 4 heteroatoms. The van der Waals surface area contributed by atoms with Gasteiger partial charge in [0.15, 0.2) is 12.4 Å². The maximum atomic E-state index is 10.7. The number of rotatable bonds is 4. The van der Waals surface area contributed by atoms with Crippen LogP contribution >= 0.6 is 0 Å². The molecule has 1 aromatic heterocycles. The van der Waals surface area contributed by atoms with Crippen LogP contribution in [0.5, 0.6) is 0 Å². The van der Waals surface area contributed by atoms with Crippen LogP contribution in [0, 0.1) is 0 Å². The number of carbonyl (C=O) groups excluding carboxylic acids is 1. The molecule has 0 radical (unpaired) electrons. The molecule has 0 spiro atoms. The van der Waals surface area contributed by atoms with Crippen molar-refractivity contribution in [2.75, 3.05) is 0 Å². The van der Waals surface area contributed by atoms with Crippen molar-refractivity contribution in [3.05, 3.63) is 66.0 Å². The lowest BCUT2D eigenvalue weighted by molar-refractivity contribution is -0.684. The topological polar surface area (TPSA) is 47.0 Å². The van der Waals surface area contributed by atoms with Crippen LogP contribution in [-0.4, -0.2) is 5.91 Å². The lowest BCUT2D eigenvalue weighted by Crippen LogP contribution is -3.00. The lowest BCUT2D eigenvalue weighted by Gasteiger charge is -2.00. The molecule has 18 heavy (non-hydrogen) atoms. The highest BCUT2D eigenvalue weighted by atomic mass is 35.5. The first-order valence-electron chi connectivity index (χ1n) is 5.54. The summed E-state index contributed by atoms with van der Waals surface area (Å²) in [5.74, 6) is -0.328. The van der Waals surface area contributed by atoms with E-state index in [4.69, 9.17) is 5.73 Å². The average Bonchev–Trinajstić information content (AvgIpc) is 2.32. The van der Waals surface area contributed by atoms with Gasteiger partial charge >= 0.3 is 0 Å². The molecule has 0 bridgehead atoms. The van der Waals surface area contributed by atoms with Gasteiger partial charge in [-0.25, -0.2) is 0 Å². The third-order valence-corrected chi connectivity index (χ3v) is 2.55. The van der Waals surface area contributed by atoms with Gasteiger partial charge in [0.1, 0.15) is 0 Å². The highest BCUT2D eigenvalue weighted by Gasteiger charge is 2.04.